The molecule has 0 saturated carbocycles. The van der Waals surface area contributed by atoms with Crippen molar-refractivity contribution in [3.63, 3.8) is 0 Å². The molecule has 1 aromatic rings. The Bertz CT molecular complexity index is 325. The van der Waals surface area contributed by atoms with Crippen LogP contribution >= 0.6 is 0 Å². The van der Waals surface area contributed by atoms with Crippen LogP contribution in [0.4, 0.5) is 0 Å². The van der Waals surface area contributed by atoms with Crippen LogP contribution in [0.2, 0.25) is 0 Å². The molecular formula is C13H23NO4. The van der Waals surface area contributed by atoms with Crippen molar-refractivity contribution in [1.82, 2.24) is 0 Å². The van der Waals surface area contributed by atoms with Crippen molar-refractivity contribution in [2.24, 2.45) is 5.73 Å². The van der Waals surface area contributed by atoms with Crippen LogP contribution in [0.15, 0.2) is 10.5 Å². The number of hydrogen-bond acceptors (Lipinski definition) is 5. The lowest BCUT2D eigenvalue weighted by Crippen LogP contribution is -2.06. The van der Waals surface area contributed by atoms with Crippen molar-refractivity contribution in [3.8, 4) is 0 Å². The van der Waals surface area contributed by atoms with Gasteiger partial charge < -0.3 is 24.4 Å². The van der Waals surface area contributed by atoms with E-state index in [-0.39, 0.29) is 0 Å². The Morgan fingerprint density at radius 3 is 2.61 bits per heavy atom. The van der Waals surface area contributed by atoms with Gasteiger partial charge in [0.25, 0.3) is 0 Å². The molecule has 1 aromatic heterocycles. The normalized spacial score (nSPS) is 11.1. The van der Waals surface area contributed by atoms with Crippen LogP contribution in [0, 0.1) is 6.92 Å². The van der Waals surface area contributed by atoms with Crippen molar-refractivity contribution in [3.05, 3.63) is 23.2 Å². The maximum absolute atomic E-state index is 5.51. The minimum Gasteiger partial charge on any atom is -0.465 e. The summed E-state index contributed by atoms with van der Waals surface area (Å²) in [6.45, 7) is 5.50. The van der Waals surface area contributed by atoms with Gasteiger partial charge in [-0.2, -0.15) is 0 Å². The Labute approximate surface area is 108 Å². The first kappa shape index (κ1) is 15.2. The molecule has 0 fully saturated rings. The summed E-state index contributed by atoms with van der Waals surface area (Å²) in [5.74, 6) is 1.67. The van der Waals surface area contributed by atoms with E-state index in [4.69, 9.17) is 24.4 Å². The van der Waals surface area contributed by atoms with Crippen molar-refractivity contribution in [2.45, 2.75) is 26.5 Å². The molecule has 0 aliphatic carbocycles. The number of furan rings is 1. The molecule has 104 valence electrons. The number of rotatable bonds is 10. The molecule has 5 heteroatoms. The SMILES string of the molecule is COCCCOCCOCc1cc(CN)oc1C. The highest BCUT2D eigenvalue weighted by Crippen LogP contribution is 2.14. The first-order chi connectivity index (χ1) is 8.77. The van der Waals surface area contributed by atoms with E-state index in [2.05, 4.69) is 0 Å². The van der Waals surface area contributed by atoms with Gasteiger partial charge in [-0.25, -0.2) is 0 Å². The summed E-state index contributed by atoms with van der Waals surface area (Å²) < 4.78 is 21.2. The van der Waals surface area contributed by atoms with Crippen molar-refractivity contribution >= 4 is 0 Å². The van der Waals surface area contributed by atoms with Gasteiger partial charge in [-0.05, 0) is 19.4 Å². The largest absolute Gasteiger partial charge is 0.465 e. The van der Waals surface area contributed by atoms with Crippen molar-refractivity contribution < 1.29 is 18.6 Å². The van der Waals surface area contributed by atoms with E-state index in [9.17, 15) is 0 Å². The first-order valence-electron chi connectivity index (χ1n) is 6.20. The molecule has 0 amide bonds. The van der Waals surface area contributed by atoms with Gasteiger partial charge in [-0.3, -0.25) is 0 Å². The summed E-state index contributed by atoms with van der Waals surface area (Å²) in [5, 5.41) is 0. The Morgan fingerprint density at radius 2 is 1.94 bits per heavy atom. The topological polar surface area (TPSA) is 66.8 Å². The second kappa shape index (κ2) is 9.10. The van der Waals surface area contributed by atoms with Crippen LogP contribution in [-0.4, -0.2) is 33.5 Å². The smallest absolute Gasteiger partial charge is 0.118 e. The molecule has 0 unspecified atom stereocenters. The number of methoxy groups -OCH3 is 1. The molecule has 1 heterocycles. The monoisotopic (exact) mass is 257 g/mol. The van der Waals surface area contributed by atoms with E-state index in [1.54, 1.807) is 7.11 Å². The molecule has 0 atom stereocenters. The molecule has 5 nitrogen and oxygen atoms in total. The summed E-state index contributed by atoms with van der Waals surface area (Å²) in [7, 11) is 1.69. The molecule has 0 spiro atoms. The number of nitrogens with two attached hydrogens (primary N) is 1. The third kappa shape index (κ3) is 5.64. The quantitative estimate of drug-likeness (QED) is 0.645. The van der Waals surface area contributed by atoms with Gasteiger partial charge in [0.2, 0.25) is 0 Å². The second-order valence-electron chi connectivity index (χ2n) is 4.01. The number of aryl methyl sites for hydroxylation is 1. The lowest BCUT2D eigenvalue weighted by molar-refractivity contribution is 0.0334. The zero-order valence-electron chi connectivity index (χ0n) is 11.2. The standard InChI is InChI=1S/C13H23NO4/c1-11-12(8-13(9-14)18-11)10-17-7-6-16-5-3-4-15-2/h8H,3-7,9-10,14H2,1-2H3. The summed E-state index contributed by atoms with van der Waals surface area (Å²) in [6.07, 6.45) is 0.914. The predicted molar refractivity (Wildman–Crippen MR) is 68.3 cm³/mol. The molecule has 18 heavy (non-hydrogen) atoms. The molecule has 1 rings (SSSR count). The summed E-state index contributed by atoms with van der Waals surface area (Å²) in [4.78, 5) is 0. The third-order valence-electron chi connectivity index (χ3n) is 2.54. The highest BCUT2D eigenvalue weighted by molar-refractivity contribution is 5.19. The third-order valence-corrected chi connectivity index (χ3v) is 2.54. The van der Waals surface area contributed by atoms with E-state index < -0.39 is 0 Å². The van der Waals surface area contributed by atoms with Crippen LogP contribution < -0.4 is 5.73 Å². The Balaban J connectivity index is 2.05. The number of hydrogen-bond donors (Lipinski definition) is 1. The van der Waals surface area contributed by atoms with Crippen LogP contribution in [0.3, 0.4) is 0 Å². The van der Waals surface area contributed by atoms with Crippen molar-refractivity contribution in [2.75, 3.05) is 33.5 Å². The van der Waals surface area contributed by atoms with Crippen LogP contribution in [0.25, 0.3) is 0 Å². The van der Waals surface area contributed by atoms with Crippen LogP contribution in [0.5, 0.6) is 0 Å². The lowest BCUT2D eigenvalue weighted by atomic mass is 10.2. The molecule has 2 N–H and O–H groups in total. The average molecular weight is 257 g/mol. The van der Waals surface area contributed by atoms with Gasteiger partial charge in [0.15, 0.2) is 0 Å². The van der Waals surface area contributed by atoms with Gasteiger partial charge in [-0.1, -0.05) is 0 Å². The average Bonchev–Trinajstić information content (AvgIpc) is 2.73. The van der Waals surface area contributed by atoms with Gasteiger partial charge in [0, 0.05) is 25.9 Å². The highest BCUT2D eigenvalue weighted by atomic mass is 16.5. The van der Waals surface area contributed by atoms with Crippen LogP contribution in [0.1, 0.15) is 23.5 Å². The molecular weight excluding hydrogens is 234 g/mol. The van der Waals surface area contributed by atoms with Gasteiger partial charge in [0.05, 0.1) is 26.4 Å². The lowest BCUT2D eigenvalue weighted by Gasteiger charge is -2.05. The summed E-state index contributed by atoms with van der Waals surface area (Å²) in [6, 6.07) is 1.94. The molecule has 0 bridgehead atoms. The minimum atomic E-state index is 0.420. The minimum absolute atomic E-state index is 0.420. The van der Waals surface area contributed by atoms with E-state index in [0.29, 0.717) is 33.0 Å². The van der Waals surface area contributed by atoms with E-state index in [1.807, 2.05) is 13.0 Å². The second-order valence-corrected chi connectivity index (χ2v) is 4.01. The molecule has 0 saturated heterocycles. The van der Waals surface area contributed by atoms with Crippen molar-refractivity contribution in [1.29, 1.82) is 0 Å². The zero-order chi connectivity index (χ0) is 13.2. The fourth-order valence-corrected chi connectivity index (χ4v) is 1.54. The van der Waals surface area contributed by atoms with Gasteiger partial charge in [-0.15, -0.1) is 0 Å². The summed E-state index contributed by atoms with van der Waals surface area (Å²) in [5.41, 5.74) is 6.55. The Morgan fingerprint density at radius 1 is 1.17 bits per heavy atom. The number of ether oxygens (including phenoxy) is 3. The Hall–Kier alpha value is -0.880. The Kier molecular flexibility index (Phi) is 7.68. The van der Waals surface area contributed by atoms with Crippen LogP contribution in [-0.2, 0) is 27.4 Å². The molecule has 0 aliphatic rings. The van der Waals surface area contributed by atoms with E-state index in [0.717, 1.165) is 30.1 Å². The maximum Gasteiger partial charge on any atom is 0.118 e. The summed E-state index contributed by atoms with van der Waals surface area (Å²) >= 11 is 0. The molecule has 0 aromatic carbocycles. The molecule has 0 aliphatic heterocycles. The van der Waals surface area contributed by atoms with Gasteiger partial charge in [0.1, 0.15) is 11.5 Å². The molecule has 0 radical (unpaired) electrons. The van der Waals surface area contributed by atoms with Gasteiger partial charge >= 0.3 is 0 Å². The van der Waals surface area contributed by atoms with E-state index in [1.165, 1.54) is 0 Å². The maximum atomic E-state index is 5.51. The fourth-order valence-electron chi connectivity index (χ4n) is 1.54. The first-order valence-corrected chi connectivity index (χ1v) is 6.20. The highest BCUT2D eigenvalue weighted by Gasteiger charge is 2.05. The fraction of sp³-hybridized carbons (Fsp3) is 0.692. The van der Waals surface area contributed by atoms with E-state index >= 15 is 0 Å². The predicted octanol–water partition coefficient (Wildman–Crippen LogP) is 1.62. The zero-order valence-corrected chi connectivity index (χ0v) is 11.2.